The summed E-state index contributed by atoms with van der Waals surface area (Å²) >= 11 is 0. The number of aromatic nitrogens is 1. The first-order valence-corrected chi connectivity index (χ1v) is 3.35. The van der Waals surface area contributed by atoms with Gasteiger partial charge in [0.1, 0.15) is 5.69 Å². The van der Waals surface area contributed by atoms with E-state index in [1.807, 2.05) is 0 Å². The van der Waals surface area contributed by atoms with Gasteiger partial charge in [0.25, 0.3) is 6.43 Å². The molecule has 12 heavy (non-hydrogen) atoms. The minimum absolute atomic E-state index is 0.176. The molecule has 0 aromatic carbocycles. The predicted molar refractivity (Wildman–Crippen MR) is 39.3 cm³/mol. The Bertz CT molecular complexity index is 299. The Hall–Kier alpha value is -1.32. The van der Waals surface area contributed by atoms with Crippen molar-refractivity contribution in [3.05, 3.63) is 29.1 Å². The topological polar surface area (TPSA) is 30.0 Å². The van der Waals surface area contributed by atoms with E-state index < -0.39 is 6.43 Å². The highest BCUT2D eigenvalue weighted by molar-refractivity contribution is 5.74. The van der Waals surface area contributed by atoms with Gasteiger partial charge in [-0.1, -0.05) is 0 Å². The molecule has 1 heterocycles. The molecule has 64 valence electrons. The van der Waals surface area contributed by atoms with Gasteiger partial charge >= 0.3 is 0 Å². The quantitative estimate of drug-likeness (QED) is 0.638. The molecule has 0 aliphatic carbocycles. The molecule has 0 amide bonds. The van der Waals surface area contributed by atoms with Crippen LogP contribution in [0.1, 0.15) is 28.0 Å². The second kappa shape index (κ2) is 3.38. The number of aryl methyl sites for hydroxylation is 1. The van der Waals surface area contributed by atoms with Gasteiger partial charge in [-0.3, -0.25) is 9.78 Å². The number of hydrogen-bond donors (Lipinski definition) is 0. The normalized spacial score (nSPS) is 10.3. The largest absolute Gasteiger partial charge is 0.296 e. The first kappa shape index (κ1) is 8.77. The highest BCUT2D eigenvalue weighted by atomic mass is 19.3. The summed E-state index contributed by atoms with van der Waals surface area (Å²) in [4.78, 5) is 13.8. The van der Waals surface area contributed by atoms with Gasteiger partial charge in [0.05, 0.1) is 0 Å². The van der Waals surface area contributed by atoms with Crippen molar-refractivity contribution in [2.45, 2.75) is 13.3 Å². The zero-order valence-electron chi connectivity index (χ0n) is 6.42. The van der Waals surface area contributed by atoms with E-state index in [-0.39, 0.29) is 11.3 Å². The summed E-state index contributed by atoms with van der Waals surface area (Å²) in [5.74, 6) is 0. The van der Waals surface area contributed by atoms with E-state index in [1.165, 1.54) is 19.2 Å². The molecule has 1 aromatic rings. The Labute approximate surface area is 68.2 Å². The third-order valence-corrected chi connectivity index (χ3v) is 1.57. The summed E-state index contributed by atoms with van der Waals surface area (Å²) in [5.41, 5.74) is -0.0559. The first-order chi connectivity index (χ1) is 5.66. The average molecular weight is 171 g/mol. The maximum absolute atomic E-state index is 12.3. The molecule has 2 nitrogen and oxygen atoms in total. The Kier molecular flexibility index (Phi) is 2.47. The van der Waals surface area contributed by atoms with E-state index in [0.29, 0.717) is 11.8 Å². The van der Waals surface area contributed by atoms with Crippen molar-refractivity contribution in [2.75, 3.05) is 0 Å². The summed E-state index contributed by atoms with van der Waals surface area (Å²) in [6, 6.07) is 1.45. The summed E-state index contributed by atoms with van der Waals surface area (Å²) in [7, 11) is 0. The van der Waals surface area contributed by atoms with Gasteiger partial charge in [-0.2, -0.15) is 0 Å². The van der Waals surface area contributed by atoms with Crippen LogP contribution in [0.4, 0.5) is 8.78 Å². The molecule has 0 saturated heterocycles. The van der Waals surface area contributed by atoms with Crippen molar-refractivity contribution >= 4 is 6.29 Å². The van der Waals surface area contributed by atoms with Crippen molar-refractivity contribution in [1.82, 2.24) is 4.98 Å². The van der Waals surface area contributed by atoms with Crippen LogP contribution in [0.2, 0.25) is 0 Å². The molecular formula is C8H7F2NO. The van der Waals surface area contributed by atoms with Crippen LogP contribution in [-0.2, 0) is 0 Å². The predicted octanol–water partition coefficient (Wildman–Crippen LogP) is 2.14. The van der Waals surface area contributed by atoms with Crippen LogP contribution in [0.25, 0.3) is 0 Å². The fourth-order valence-electron chi connectivity index (χ4n) is 0.969. The van der Waals surface area contributed by atoms with Crippen LogP contribution in [0, 0.1) is 6.92 Å². The number of carbonyl (C=O) groups is 1. The number of aldehydes is 1. The van der Waals surface area contributed by atoms with E-state index in [1.54, 1.807) is 0 Å². The second-order valence-electron chi connectivity index (χ2n) is 2.35. The van der Waals surface area contributed by atoms with Crippen LogP contribution in [0.5, 0.6) is 0 Å². The summed E-state index contributed by atoms with van der Waals surface area (Å²) in [5, 5.41) is 0. The Balaban J connectivity index is 3.29. The number of alkyl halides is 2. The van der Waals surface area contributed by atoms with E-state index >= 15 is 0 Å². The van der Waals surface area contributed by atoms with Gasteiger partial charge in [0.15, 0.2) is 6.29 Å². The van der Waals surface area contributed by atoms with Crippen LogP contribution in [-0.4, -0.2) is 11.3 Å². The minimum Gasteiger partial charge on any atom is -0.296 e. The summed E-state index contributed by atoms with van der Waals surface area (Å²) in [6.45, 7) is 1.52. The Morgan fingerprint density at radius 1 is 1.58 bits per heavy atom. The standard InChI is InChI=1S/C8H7F2NO/c1-5-2-3-11-6(4-12)7(5)8(9)10/h2-4,8H,1H3. The van der Waals surface area contributed by atoms with E-state index in [0.717, 1.165) is 0 Å². The van der Waals surface area contributed by atoms with Crippen LogP contribution < -0.4 is 0 Å². The fourth-order valence-corrected chi connectivity index (χ4v) is 0.969. The molecule has 0 saturated carbocycles. The van der Waals surface area contributed by atoms with E-state index in [9.17, 15) is 13.6 Å². The average Bonchev–Trinajstić information content (AvgIpc) is 2.03. The molecule has 0 N–H and O–H groups in total. The van der Waals surface area contributed by atoms with Gasteiger partial charge in [0.2, 0.25) is 0 Å². The molecule has 0 aliphatic heterocycles. The molecule has 1 rings (SSSR count). The number of carbonyl (C=O) groups excluding carboxylic acids is 1. The van der Waals surface area contributed by atoms with E-state index in [4.69, 9.17) is 0 Å². The highest BCUT2D eigenvalue weighted by Gasteiger charge is 2.15. The maximum Gasteiger partial charge on any atom is 0.266 e. The smallest absolute Gasteiger partial charge is 0.266 e. The fraction of sp³-hybridized carbons (Fsp3) is 0.250. The number of pyridine rings is 1. The molecule has 0 atom stereocenters. The maximum atomic E-state index is 12.3. The van der Waals surface area contributed by atoms with Crippen molar-refractivity contribution in [3.63, 3.8) is 0 Å². The van der Waals surface area contributed by atoms with Crippen molar-refractivity contribution in [3.8, 4) is 0 Å². The van der Waals surface area contributed by atoms with Gasteiger partial charge in [-0.05, 0) is 18.6 Å². The van der Waals surface area contributed by atoms with Crippen LogP contribution >= 0.6 is 0 Å². The molecule has 0 unspecified atom stereocenters. The Morgan fingerprint density at radius 3 is 2.67 bits per heavy atom. The van der Waals surface area contributed by atoms with Crippen LogP contribution in [0.15, 0.2) is 12.3 Å². The molecule has 0 fully saturated rings. The van der Waals surface area contributed by atoms with Crippen molar-refractivity contribution < 1.29 is 13.6 Å². The van der Waals surface area contributed by atoms with Crippen molar-refractivity contribution in [2.24, 2.45) is 0 Å². The molecule has 0 spiro atoms. The van der Waals surface area contributed by atoms with E-state index in [2.05, 4.69) is 4.98 Å². The zero-order valence-corrected chi connectivity index (χ0v) is 6.42. The summed E-state index contributed by atoms with van der Waals surface area (Å²) < 4.78 is 24.6. The molecule has 0 radical (unpaired) electrons. The zero-order chi connectivity index (χ0) is 9.14. The lowest BCUT2D eigenvalue weighted by molar-refractivity contribution is 0.110. The van der Waals surface area contributed by atoms with Gasteiger partial charge in [-0.25, -0.2) is 8.78 Å². The molecule has 0 aliphatic rings. The highest BCUT2D eigenvalue weighted by Crippen LogP contribution is 2.23. The number of nitrogens with zero attached hydrogens (tertiary/aromatic N) is 1. The second-order valence-corrected chi connectivity index (χ2v) is 2.35. The van der Waals surface area contributed by atoms with Gasteiger partial charge in [0, 0.05) is 11.8 Å². The first-order valence-electron chi connectivity index (χ1n) is 3.35. The molecule has 4 heteroatoms. The third kappa shape index (κ3) is 1.47. The lowest BCUT2D eigenvalue weighted by atomic mass is 10.1. The number of rotatable bonds is 2. The minimum atomic E-state index is -2.64. The third-order valence-electron chi connectivity index (χ3n) is 1.57. The molecule has 0 bridgehead atoms. The monoisotopic (exact) mass is 171 g/mol. The molecular weight excluding hydrogens is 164 g/mol. The SMILES string of the molecule is Cc1ccnc(C=O)c1C(F)F. The van der Waals surface area contributed by atoms with Crippen molar-refractivity contribution in [1.29, 1.82) is 0 Å². The lowest BCUT2D eigenvalue weighted by Gasteiger charge is -2.05. The number of hydrogen-bond acceptors (Lipinski definition) is 2. The molecule has 1 aromatic heterocycles. The lowest BCUT2D eigenvalue weighted by Crippen LogP contribution is -1.99. The van der Waals surface area contributed by atoms with Gasteiger partial charge < -0.3 is 0 Å². The summed E-state index contributed by atoms with van der Waals surface area (Å²) in [6.07, 6.45) is -0.960. The van der Waals surface area contributed by atoms with Crippen LogP contribution in [0.3, 0.4) is 0 Å². The number of halogens is 2. The Morgan fingerprint density at radius 2 is 2.25 bits per heavy atom. The van der Waals surface area contributed by atoms with Gasteiger partial charge in [-0.15, -0.1) is 0 Å².